The van der Waals surface area contributed by atoms with E-state index >= 15 is 0 Å². The molecule has 0 aliphatic rings. The summed E-state index contributed by atoms with van der Waals surface area (Å²) < 4.78 is 30.3. The van der Waals surface area contributed by atoms with E-state index in [9.17, 15) is 13.6 Å². The Hall–Kier alpha value is -2.22. The van der Waals surface area contributed by atoms with Gasteiger partial charge >= 0.3 is 0 Å². The van der Waals surface area contributed by atoms with Crippen LogP contribution < -0.4 is 4.74 Å². The maximum Gasteiger partial charge on any atom is 0.272 e. The number of nitrogens with zero attached hydrogens (tertiary/aromatic N) is 2. The molecule has 0 aliphatic heterocycles. The van der Waals surface area contributed by atoms with Crippen LogP contribution >= 0.6 is 15.9 Å². The molecule has 0 aliphatic carbocycles. The van der Waals surface area contributed by atoms with E-state index in [1.54, 1.807) is 36.3 Å². The van der Waals surface area contributed by atoms with Gasteiger partial charge in [-0.15, -0.1) is 0 Å². The van der Waals surface area contributed by atoms with Gasteiger partial charge in [0.25, 0.3) is 6.43 Å². The minimum absolute atomic E-state index is 0.221. The Morgan fingerprint density at radius 2 is 2.12 bits per heavy atom. The van der Waals surface area contributed by atoms with Crippen molar-refractivity contribution in [2.24, 2.45) is 4.99 Å². The number of halogens is 3. The van der Waals surface area contributed by atoms with Crippen LogP contribution in [0.4, 0.5) is 8.78 Å². The normalized spacial score (nSPS) is 12.4. The molecule has 0 atom stereocenters. The van der Waals surface area contributed by atoms with Gasteiger partial charge in [-0.05, 0) is 34.1 Å². The van der Waals surface area contributed by atoms with Crippen molar-refractivity contribution in [1.82, 2.24) is 9.88 Å². The van der Waals surface area contributed by atoms with E-state index < -0.39 is 13.0 Å². The zero-order valence-electron chi connectivity index (χ0n) is 14.0. The van der Waals surface area contributed by atoms with E-state index in [-0.39, 0.29) is 5.78 Å². The van der Waals surface area contributed by atoms with E-state index in [0.29, 0.717) is 32.4 Å². The summed E-state index contributed by atoms with van der Waals surface area (Å²) in [7, 11) is 5.21. The third-order valence-corrected chi connectivity index (χ3v) is 3.83. The summed E-state index contributed by atoms with van der Waals surface area (Å²) >= 11 is 3.29. The standard InChI is InChI=1S/C17H18BrF2N3O2/c1-21-7-11(8-23(2)3)17(24)14-4-10-5-15(25-9-16(19)20)12(18)6-13(10)22-14/h4-8,16,22H,9H2,1-3H3/b11-8+,21-7-. The first kappa shape index (κ1) is 19.1. The highest BCUT2D eigenvalue weighted by atomic mass is 79.9. The molecule has 0 saturated carbocycles. The third kappa shape index (κ3) is 4.88. The molecular formula is C17H18BrF2N3O2. The lowest BCUT2D eigenvalue weighted by Crippen LogP contribution is -2.11. The summed E-state index contributed by atoms with van der Waals surface area (Å²) in [6.45, 7) is -0.691. The number of aliphatic imine (C=N–C) groups is 1. The number of carbonyl (C=O) groups is 1. The quantitative estimate of drug-likeness (QED) is 0.425. The average Bonchev–Trinajstić information content (AvgIpc) is 2.93. The number of ketones is 1. The summed E-state index contributed by atoms with van der Waals surface area (Å²) in [6, 6.07) is 4.96. The fourth-order valence-corrected chi connectivity index (χ4v) is 2.70. The predicted octanol–water partition coefficient (Wildman–Crippen LogP) is 3.90. The molecule has 5 nitrogen and oxygen atoms in total. The molecule has 0 fully saturated rings. The number of rotatable bonds is 7. The van der Waals surface area contributed by atoms with Crippen molar-refractivity contribution in [3.63, 3.8) is 0 Å². The van der Waals surface area contributed by atoms with E-state index in [2.05, 4.69) is 25.9 Å². The molecule has 1 aromatic heterocycles. The molecule has 0 amide bonds. The topological polar surface area (TPSA) is 57.7 Å². The molecule has 1 N–H and O–H groups in total. The number of aromatic amines is 1. The van der Waals surface area contributed by atoms with Gasteiger partial charge in [0.2, 0.25) is 5.78 Å². The molecule has 0 bridgehead atoms. The van der Waals surface area contributed by atoms with Gasteiger partial charge in [-0.2, -0.15) is 0 Å². The number of ether oxygens (including phenoxy) is 1. The van der Waals surface area contributed by atoms with Gasteiger partial charge in [0.1, 0.15) is 12.4 Å². The molecule has 2 aromatic rings. The van der Waals surface area contributed by atoms with Gasteiger partial charge in [-0.3, -0.25) is 9.79 Å². The number of carbonyl (C=O) groups excluding carboxylic acids is 1. The van der Waals surface area contributed by atoms with Crippen LogP contribution in [0.1, 0.15) is 10.5 Å². The minimum atomic E-state index is -2.56. The van der Waals surface area contributed by atoms with Crippen molar-refractivity contribution in [3.05, 3.63) is 40.1 Å². The number of Topliss-reactive ketones (excluding diaryl/α,β-unsaturated/α-hetero) is 1. The first-order valence-corrected chi connectivity index (χ1v) is 8.19. The van der Waals surface area contributed by atoms with Crippen LogP contribution in [0, 0.1) is 0 Å². The predicted molar refractivity (Wildman–Crippen MR) is 98.0 cm³/mol. The molecular weight excluding hydrogens is 396 g/mol. The van der Waals surface area contributed by atoms with E-state index in [0.717, 1.165) is 0 Å². The highest BCUT2D eigenvalue weighted by molar-refractivity contribution is 9.10. The zero-order chi connectivity index (χ0) is 18.6. The van der Waals surface area contributed by atoms with Gasteiger partial charge in [0, 0.05) is 44.5 Å². The molecule has 25 heavy (non-hydrogen) atoms. The first-order valence-electron chi connectivity index (χ1n) is 7.40. The maximum atomic E-state index is 12.7. The Bertz CT molecular complexity index is 829. The van der Waals surface area contributed by atoms with Crippen molar-refractivity contribution in [1.29, 1.82) is 0 Å². The Kier molecular flexibility index (Phi) is 6.30. The second-order valence-corrected chi connectivity index (χ2v) is 6.37. The molecule has 8 heteroatoms. The van der Waals surface area contributed by atoms with Crippen molar-refractivity contribution in [2.75, 3.05) is 27.7 Å². The number of aromatic nitrogens is 1. The molecule has 1 heterocycles. The molecule has 0 spiro atoms. The SMILES string of the molecule is C/N=C\C(=C/N(C)C)C(=O)c1cc2cc(OCC(F)F)c(Br)cc2[nH]1. The van der Waals surface area contributed by atoms with Crippen LogP contribution in [-0.4, -0.2) is 56.1 Å². The first-order chi connectivity index (χ1) is 11.8. The Morgan fingerprint density at radius 1 is 1.40 bits per heavy atom. The second-order valence-electron chi connectivity index (χ2n) is 5.52. The van der Waals surface area contributed by atoms with E-state index in [4.69, 9.17) is 4.74 Å². The fourth-order valence-electron chi connectivity index (χ4n) is 2.24. The van der Waals surface area contributed by atoms with Crippen molar-refractivity contribution < 1.29 is 18.3 Å². The lowest BCUT2D eigenvalue weighted by molar-refractivity contribution is 0.0816. The number of H-pyrrole nitrogens is 1. The smallest absolute Gasteiger partial charge is 0.272 e. The van der Waals surface area contributed by atoms with Crippen LogP contribution in [0.15, 0.2) is 39.4 Å². The van der Waals surface area contributed by atoms with Crippen molar-refractivity contribution in [3.8, 4) is 5.75 Å². The molecule has 1 aromatic carbocycles. The highest BCUT2D eigenvalue weighted by Crippen LogP contribution is 2.31. The van der Waals surface area contributed by atoms with Crippen LogP contribution in [0.25, 0.3) is 10.9 Å². The zero-order valence-corrected chi connectivity index (χ0v) is 15.6. The van der Waals surface area contributed by atoms with Gasteiger partial charge < -0.3 is 14.6 Å². The highest BCUT2D eigenvalue weighted by Gasteiger charge is 2.16. The number of allylic oxidation sites excluding steroid dienone is 1. The van der Waals surface area contributed by atoms with Crippen LogP contribution in [0.5, 0.6) is 5.75 Å². The summed E-state index contributed by atoms with van der Waals surface area (Å²) in [5, 5.41) is 0.688. The summed E-state index contributed by atoms with van der Waals surface area (Å²) in [6.07, 6.45) is 0.604. The number of benzene rings is 1. The van der Waals surface area contributed by atoms with Crippen molar-refractivity contribution in [2.45, 2.75) is 6.43 Å². The second kappa shape index (κ2) is 8.24. The lowest BCUT2D eigenvalue weighted by Gasteiger charge is -2.07. The van der Waals surface area contributed by atoms with Crippen molar-refractivity contribution >= 4 is 38.8 Å². The third-order valence-electron chi connectivity index (χ3n) is 3.21. The van der Waals surface area contributed by atoms with Gasteiger partial charge in [-0.25, -0.2) is 8.78 Å². The molecule has 0 unspecified atom stereocenters. The number of nitrogens with one attached hydrogen (secondary N) is 1. The number of alkyl halides is 2. The Balaban J connectivity index is 2.38. The Morgan fingerprint density at radius 3 is 2.72 bits per heavy atom. The average molecular weight is 414 g/mol. The monoisotopic (exact) mass is 413 g/mol. The van der Waals surface area contributed by atoms with Crippen LogP contribution in [0.2, 0.25) is 0 Å². The molecule has 0 saturated heterocycles. The number of hydrogen-bond acceptors (Lipinski definition) is 4. The van der Waals surface area contributed by atoms with Crippen LogP contribution in [-0.2, 0) is 0 Å². The minimum Gasteiger partial charge on any atom is -0.486 e. The van der Waals surface area contributed by atoms with E-state index in [1.165, 1.54) is 6.21 Å². The Labute approximate surface area is 152 Å². The summed E-state index contributed by atoms with van der Waals surface area (Å²) in [5.41, 5.74) is 1.49. The maximum absolute atomic E-state index is 12.7. The van der Waals surface area contributed by atoms with E-state index in [1.807, 2.05) is 14.1 Å². The van der Waals surface area contributed by atoms with Crippen LogP contribution in [0.3, 0.4) is 0 Å². The van der Waals surface area contributed by atoms with Gasteiger partial charge in [0.15, 0.2) is 0 Å². The summed E-state index contributed by atoms with van der Waals surface area (Å²) in [5.74, 6) is 0.0756. The fraction of sp³-hybridized carbons (Fsp3) is 0.294. The largest absolute Gasteiger partial charge is 0.486 e. The molecule has 2 rings (SSSR count). The molecule has 134 valence electrons. The molecule has 0 radical (unpaired) electrons. The summed E-state index contributed by atoms with van der Waals surface area (Å²) in [4.78, 5) is 21.4. The van der Waals surface area contributed by atoms with Gasteiger partial charge in [-0.1, -0.05) is 0 Å². The van der Waals surface area contributed by atoms with Gasteiger partial charge in [0.05, 0.1) is 15.7 Å². The lowest BCUT2D eigenvalue weighted by atomic mass is 10.1. The number of fused-ring (bicyclic) bond motifs is 1. The number of hydrogen-bond donors (Lipinski definition) is 1.